The largest absolute Gasteiger partial charge is 0.489 e. The quantitative estimate of drug-likeness (QED) is 0.137. The standard InChI is InChI=1S/C39H33NO3/c1-26-22-27(2)37-35(23-26)36(39(41)43-34-18-14-30(15-19-34)24-29-10-6-4-7-11-29)28(3)38(40-37)32-16-20-33(21-17-32)42-25-31-12-8-5-9-13-31/h4-23H,24-25H2,1-3H3. The summed E-state index contributed by atoms with van der Waals surface area (Å²) in [6.07, 6.45) is 0.821. The van der Waals surface area contributed by atoms with Gasteiger partial charge in [-0.25, -0.2) is 9.78 Å². The van der Waals surface area contributed by atoms with Crippen molar-refractivity contribution in [3.05, 3.63) is 160 Å². The van der Waals surface area contributed by atoms with Gasteiger partial charge in [-0.3, -0.25) is 0 Å². The first-order valence-electron chi connectivity index (χ1n) is 14.5. The van der Waals surface area contributed by atoms with Gasteiger partial charge in [0.2, 0.25) is 0 Å². The number of rotatable bonds is 8. The van der Waals surface area contributed by atoms with E-state index in [1.165, 1.54) is 5.56 Å². The van der Waals surface area contributed by atoms with Gasteiger partial charge >= 0.3 is 5.97 Å². The molecule has 0 bridgehead atoms. The normalized spacial score (nSPS) is 11.0. The first-order valence-corrected chi connectivity index (χ1v) is 14.5. The lowest BCUT2D eigenvalue weighted by Gasteiger charge is -2.16. The number of ether oxygens (including phenoxy) is 2. The number of carbonyl (C=O) groups excluding carboxylic acids is 1. The fourth-order valence-corrected chi connectivity index (χ4v) is 5.47. The van der Waals surface area contributed by atoms with E-state index in [1.807, 2.05) is 124 Å². The minimum absolute atomic E-state index is 0.394. The van der Waals surface area contributed by atoms with Crippen molar-refractivity contribution in [1.82, 2.24) is 4.98 Å². The maximum absolute atomic E-state index is 13.8. The molecule has 0 amide bonds. The third-order valence-corrected chi connectivity index (χ3v) is 7.63. The van der Waals surface area contributed by atoms with Crippen molar-refractivity contribution in [1.29, 1.82) is 0 Å². The molecule has 0 aliphatic rings. The summed E-state index contributed by atoms with van der Waals surface area (Å²) >= 11 is 0. The summed E-state index contributed by atoms with van der Waals surface area (Å²) in [5.74, 6) is 0.889. The minimum atomic E-state index is -0.394. The van der Waals surface area contributed by atoms with E-state index < -0.39 is 5.97 Å². The molecule has 0 fully saturated rings. The average Bonchev–Trinajstić information content (AvgIpc) is 3.02. The Morgan fingerprint density at radius 2 is 1.28 bits per heavy atom. The molecule has 0 unspecified atom stereocenters. The summed E-state index contributed by atoms with van der Waals surface area (Å²) in [4.78, 5) is 18.9. The van der Waals surface area contributed by atoms with Crippen LogP contribution in [-0.2, 0) is 13.0 Å². The second kappa shape index (κ2) is 12.3. The van der Waals surface area contributed by atoms with E-state index in [0.717, 1.165) is 62.1 Å². The molecule has 6 aromatic rings. The molecule has 0 N–H and O–H groups in total. The number of hydrogen-bond donors (Lipinski definition) is 0. The number of benzene rings is 5. The fourth-order valence-electron chi connectivity index (χ4n) is 5.47. The summed E-state index contributed by atoms with van der Waals surface area (Å²) < 4.78 is 12.0. The summed E-state index contributed by atoms with van der Waals surface area (Å²) in [7, 11) is 0. The molecule has 0 aliphatic heterocycles. The van der Waals surface area contributed by atoms with Crippen LogP contribution in [-0.4, -0.2) is 11.0 Å². The third kappa shape index (κ3) is 6.34. The highest BCUT2D eigenvalue weighted by molar-refractivity contribution is 6.08. The van der Waals surface area contributed by atoms with E-state index in [0.29, 0.717) is 17.9 Å². The second-order valence-corrected chi connectivity index (χ2v) is 10.9. The molecule has 1 aromatic heterocycles. The number of aryl methyl sites for hydroxylation is 2. The van der Waals surface area contributed by atoms with Crippen molar-refractivity contribution in [2.45, 2.75) is 33.8 Å². The third-order valence-electron chi connectivity index (χ3n) is 7.63. The fraction of sp³-hybridized carbons (Fsp3) is 0.128. The Labute approximate surface area is 252 Å². The van der Waals surface area contributed by atoms with Crippen molar-refractivity contribution in [3.8, 4) is 22.8 Å². The van der Waals surface area contributed by atoms with E-state index in [9.17, 15) is 4.79 Å². The van der Waals surface area contributed by atoms with Gasteiger partial charge in [0, 0.05) is 10.9 Å². The Kier molecular flexibility index (Phi) is 8.01. The van der Waals surface area contributed by atoms with Gasteiger partial charge in [-0.05, 0) is 97.5 Å². The molecule has 6 rings (SSSR count). The Morgan fingerprint density at radius 3 is 1.95 bits per heavy atom. The predicted octanol–water partition coefficient (Wildman–Crippen LogP) is 9.22. The topological polar surface area (TPSA) is 48.4 Å². The Bertz CT molecular complexity index is 1880. The molecule has 0 atom stereocenters. The monoisotopic (exact) mass is 563 g/mol. The van der Waals surface area contributed by atoms with Crippen molar-refractivity contribution in [3.63, 3.8) is 0 Å². The van der Waals surface area contributed by atoms with E-state index >= 15 is 0 Å². The van der Waals surface area contributed by atoms with Gasteiger partial charge in [-0.2, -0.15) is 0 Å². The molecule has 4 heteroatoms. The Morgan fingerprint density at radius 1 is 0.674 bits per heavy atom. The predicted molar refractivity (Wildman–Crippen MR) is 173 cm³/mol. The molecule has 0 spiro atoms. The van der Waals surface area contributed by atoms with Crippen molar-refractivity contribution in [2.24, 2.45) is 0 Å². The summed E-state index contributed by atoms with van der Waals surface area (Å²) in [6.45, 7) is 6.50. The van der Waals surface area contributed by atoms with Gasteiger partial charge in [0.05, 0.1) is 16.8 Å². The highest BCUT2D eigenvalue weighted by atomic mass is 16.5. The molecular weight excluding hydrogens is 530 g/mol. The number of nitrogens with zero attached hydrogens (tertiary/aromatic N) is 1. The number of fused-ring (bicyclic) bond motifs is 1. The van der Waals surface area contributed by atoms with Crippen LogP contribution in [0.15, 0.2) is 121 Å². The van der Waals surface area contributed by atoms with Gasteiger partial charge in [0.15, 0.2) is 0 Å². The van der Waals surface area contributed by atoms with E-state index in [1.54, 1.807) is 0 Å². The van der Waals surface area contributed by atoms with Crippen LogP contribution >= 0.6 is 0 Å². The lowest BCUT2D eigenvalue weighted by Crippen LogP contribution is -2.13. The number of pyridine rings is 1. The number of carbonyl (C=O) groups is 1. The Hall–Kier alpha value is -5.22. The van der Waals surface area contributed by atoms with Crippen LogP contribution in [0.2, 0.25) is 0 Å². The summed E-state index contributed by atoms with van der Waals surface area (Å²) in [6, 6.07) is 40.1. The van der Waals surface area contributed by atoms with Crippen molar-refractivity contribution < 1.29 is 14.3 Å². The highest BCUT2D eigenvalue weighted by Gasteiger charge is 2.22. The SMILES string of the molecule is Cc1cc(C)c2nc(-c3ccc(OCc4ccccc4)cc3)c(C)c(C(=O)Oc3ccc(Cc4ccccc4)cc3)c2c1. The maximum atomic E-state index is 13.8. The minimum Gasteiger partial charge on any atom is -0.489 e. The maximum Gasteiger partial charge on any atom is 0.344 e. The van der Waals surface area contributed by atoms with Crippen LogP contribution in [0, 0.1) is 20.8 Å². The van der Waals surface area contributed by atoms with Crippen LogP contribution in [0.4, 0.5) is 0 Å². The summed E-state index contributed by atoms with van der Waals surface area (Å²) in [5, 5.41) is 0.798. The number of aromatic nitrogens is 1. The van der Waals surface area contributed by atoms with Crippen LogP contribution in [0.1, 0.15) is 43.7 Å². The highest BCUT2D eigenvalue weighted by Crippen LogP contribution is 2.33. The molecule has 5 aromatic carbocycles. The molecule has 4 nitrogen and oxygen atoms in total. The first-order chi connectivity index (χ1) is 20.9. The van der Waals surface area contributed by atoms with E-state index in [4.69, 9.17) is 14.5 Å². The Balaban J connectivity index is 1.29. The number of esters is 1. The van der Waals surface area contributed by atoms with Crippen molar-refractivity contribution >= 4 is 16.9 Å². The van der Waals surface area contributed by atoms with Gasteiger partial charge in [0.1, 0.15) is 18.1 Å². The molecule has 0 saturated carbocycles. The average molecular weight is 564 g/mol. The van der Waals surface area contributed by atoms with Gasteiger partial charge < -0.3 is 9.47 Å². The molecule has 1 heterocycles. The molecule has 0 radical (unpaired) electrons. The van der Waals surface area contributed by atoms with Crippen molar-refractivity contribution in [2.75, 3.05) is 0 Å². The van der Waals surface area contributed by atoms with Gasteiger partial charge in [-0.1, -0.05) is 84.4 Å². The van der Waals surface area contributed by atoms with Crippen LogP contribution in [0.3, 0.4) is 0 Å². The summed E-state index contributed by atoms with van der Waals surface area (Å²) in [5.41, 5.74) is 9.34. The number of hydrogen-bond acceptors (Lipinski definition) is 4. The smallest absolute Gasteiger partial charge is 0.344 e. The lowest BCUT2D eigenvalue weighted by atomic mass is 9.95. The zero-order valence-electron chi connectivity index (χ0n) is 24.6. The zero-order valence-corrected chi connectivity index (χ0v) is 24.6. The van der Waals surface area contributed by atoms with E-state index in [2.05, 4.69) is 18.2 Å². The lowest BCUT2D eigenvalue weighted by molar-refractivity contribution is 0.0736. The molecule has 43 heavy (non-hydrogen) atoms. The van der Waals surface area contributed by atoms with Crippen LogP contribution in [0.5, 0.6) is 11.5 Å². The van der Waals surface area contributed by atoms with Gasteiger partial charge in [0.25, 0.3) is 0 Å². The molecule has 0 saturated heterocycles. The second-order valence-electron chi connectivity index (χ2n) is 10.9. The van der Waals surface area contributed by atoms with E-state index in [-0.39, 0.29) is 0 Å². The van der Waals surface area contributed by atoms with Crippen LogP contribution < -0.4 is 9.47 Å². The first kappa shape index (κ1) is 27.9. The molecule has 212 valence electrons. The molecular formula is C39H33NO3. The molecule has 0 aliphatic carbocycles. The van der Waals surface area contributed by atoms with Crippen LogP contribution in [0.25, 0.3) is 22.2 Å². The van der Waals surface area contributed by atoms with Gasteiger partial charge in [-0.15, -0.1) is 0 Å². The zero-order chi connectivity index (χ0) is 29.8.